The third-order valence-electron chi connectivity index (χ3n) is 3.84. The van der Waals surface area contributed by atoms with Crippen LogP contribution in [0.2, 0.25) is 5.02 Å². The van der Waals surface area contributed by atoms with Crippen molar-refractivity contribution in [3.63, 3.8) is 0 Å². The predicted molar refractivity (Wildman–Crippen MR) is 95.0 cm³/mol. The summed E-state index contributed by atoms with van der Waals surface area (Å²) in [6.45, 7) is 0.536. The van der Waals surface area contributed by atoms with Gasteiger partial charge in [0.15, 0.2) is 11.7 Å². The maximum Gasteiger partial charge on any atom is 0.223 e. The summed E-state index contributed by atoms with van der Waals surface area (Å²) in [7, 11) is 3.64. The number of carbonyl (C=O) groups excluding carboxylic acids is 1. The number of aryl methyl sites for hydroxylation is 2. The number of hydrogen-bond acceptors (Lipinski definition) is 4. The van der Waals surface area contributed by atoms with Gasteiger partial charge in [0.2, 0.25) is 5.91 Å². The number of aromatic nitrogens is 3. The molecule has 0 aliphatic carbocycles. The lowest BCUT2D eigenvalue weighted by Crippen LogP contribution is -2.26. The molecule has 2 aromatic heterocycles. The van der Waals surface area contributed by atoms with Gasteiger partial charge in [-0.1, -0.05) is 11.6 Å². The molecule has 3 aromatic rings. The van der Waals surface area contributed by atoms with Gasteiger partial charge in [-0.2, -0.15) is 5.10 Å². The summed E-state index contributed by atoms with van der Waals surface area (Å²) >= 11 is 5.88. The first-order valence-electron chi connectivity index (χ1n) is 7.93. The van der Waals surface area contributed by atoms with Crippen molar-refractivity contribution < 1.29 is 9.21 Å². The van der Waals surface area contributed by atoms with Gasteiger partial charge in [0.1, 0.15) is 0 Å². The first kappa shape index (κ1) is 17.2. The first-order chi connectivity index (χ1) is 12.0. The highest BCUT2D eigenvalue weighted by Gasteiger charge is 2.13. The zero-order valence-electron chi connectivity index (χ0n) is 14.1. The lowest BCUT2D eigenvalue weighted by atomic mass is 10.2. The molecular weight excluding hydrogens is 340 g/mol. The van der Waals surface area contributed by atoms with E-state index in [1.807, 2.05) is 25.4 Å². The molecule has 0 saturated heterocycles. The number of hydrogen-bond donors (Lipinski definition) is 0. The predicted octanol–water partition coefficient (Wildman–Crippen LogP) is 3.32. The number of amides is 1. The van der Waals surface area contributed by atoms with Crippen LogP contribution < -0.4 is 0 Å². The van der Waals surface area contributed by atoms with Gasteiger partial charge in [0.25, 0.3) is 0 Å². The average molecular weight is 359 g/mol. The van der Waals surface area contributed by atoms with Crippen molar-refractivity contribution in [2.24, 2.45) is 7.05 Å². The van der Waals surface area contributed by atoms with E-state index in [2.05, 4.69) is 10.1 Å². The number of carbonyl (C=O) groups is 1. The summed E-state index contributed by atoms with van der Waals surface area (Å²) in [6, 6.07) is 7.35. The second-order valence-corrected chi connectivity index (χ2v) is 6.33. The van der Waals surface area contributed by atoms with E-state index < -0.39 is 0 Å². The summed E-state index contributed by atoms with van der Waals surface area (Å²) < 4.78 is 7.44. The molecule has 0 N–H and O–H groups in total. The zero-order valence-corrected chi connectivity index (χ0v) is 14.9. The standard InChI is InChI=1S/C18H19ClN4O2/c1-22(11-13-9-21-23(2)12-13)18(24)8-7-17-20-10-16(25-17)14-3-5-15(19)6-4-14/h3-6,9-10,12H,7-8,11H2,1-2H3. The minimum Gasteiger partial charge on any atom is -0.441 e. The lowest BCUT2D eigenvalue weighted by Gasteiger charge is -2.15. The molecule has 0 saturated carbocycles. The van der Waals surface area contributed by atoms with Crippen LogP contribution in [0.15, 0.2) is 47.3 Å². The van der Waals surface area contributed by atoms with E-state index in [0.29, 0.717) is 36.1 Å². The maximum absolute atomic E-state index is 12.3. The molecule has 0 unspecified atom stereocenters. The van der Waals surface area contributed by atoms with Crippen molar-refractivity contribution in [2.75, 3.05) is 7.05 Å². The number of nitrogens with zero attached hydrogens (tertiary/aromatic N) is 4. The monoisotopic (exact) mass is 358 g/mol. The van der Waals surface area contributed by atoms with Crippen LogP contribution in [0, 0.1) is 0 Å². The van der Waals surface area contributed by atoms with E-state index in [4.69, 9.17) is 16.0 Å². The summed E-state index contributed by atoms with van der Waals surface area (Å²) in [6.07, 6.45) is 6.13. The maximum atomic E-state index is 12.3. The van der Waals surface area contributed by atoms with E-state index in [9.17, 15) is 4.79 Å². The van der Waals surface area contributed by atoms with Crippen LogP contribution in [-0.2, 0) is 24.8 Å². The van der Waals surface area contributed by atoms with Crippen LogP contribution in [0.25, 0.3) is 11.3 Å². The van der Waals surface area contributed by atoms with Gasteiger partial charge >= 0.3 is 0 Å². The number of benzene rings is 1. The first-order valence-corrected chi connectivity index (χ1v) is 8.31. The zero-order chi connectivity index (χ0) is 17.8. The Morgan fingerprint density at radius 3 is 2.72 bits per heavy atom. The molecule has 0 spiro atoms. The molecule has 0 radical (unpaired) electrons. The minimum atomic E-state index is 0.0371. The van der Waals surface area contributed by atoms with Crippen molar-refractivity contribution in [3.8, 4) is 11.3 Å². The highest BCUT2D eigenvalue weighted by atomic mass is 35.5. The fourth-order valence-corrected chi connectivity index (χ4v) is 2.62. The fourth-order valence-electron chi connectivity index (χ4n) is 2.49. The van der Waals surface area contributed by atoms with Crippen molar-refractivity contribution in [3.05, 3.63) is 59.3 Å². The van der Waals surface area contributed by atoms with Gasteiger partial charge < -0.3 is 9.32 Å². The Morgan fingerprint density at radius 1 is 1.28 bits per heavy atom. The Bertz CT molecular complexity index is 854. The average Bonchev–Trinajstić information content (AvgIpc) is 3.22. The summed E-state index contributed by atoms with van der Waals surface area (Å²) in [5, 5.41) is 4.78. The summed E-state index contributed by atoms with van der Waals surface area (Å²) in [5.41, 5.74) is 1.91. The molecule has 25 heavy (non-hydrogen) atoms. The SMILES string of the molecule is CN(Cc1cnn(C)c1)C(=O)CCc1ncc(-c2ccc(Cl)cc2)o1. The molecule has 7 heteroatoms. The van der Waals surface area contributed by atoms with Crippen molar-refractivity contribution >= 4 is 17.5 Å². The molecule has 0 bridgehead atoms. The molecule has 0 aliphatic heterocycles. The minimum absolute atomic E-state index is 0.0371. The molecule has 6 nitrogen and oxygen atoms in total. The van der Waals surface area contributed by atoms with Gasteiger partial charge in [-0.25, -0.2) is 4.98 Å². The Kier molecular flexibility index (Phi) is 5.19. The van der Waals surface area contributed by atoms with E-state index in [-0.39, 0.29) is 5.91 Å². The van der Waals surface area contributed by atoms with E-state index in [1.165, 1.54) is 0 Å². The van der Waals surface area contributed by atoms with Gasteiger partial charge in [-0.15, -0.1) is 0 Å². The van der Waals surface area contributed by atoms with Crippen LogP contribution >= 0.6 is 11.6 Å². The number of halogens is 1. The molecule has 0 aliphatic rings. The van der Waals surface area contributed by atoms with Gasteiger partial charge in [0, 0.05) is 55.8 Å². The van der Waals surface area contributed by atoms with Gasteiger partial charge in [0.05, 0.1) is 12.4 Å². The number of oxazole rings is 1. The quantitative estimate of drug-likeness (QED) is 0.678. The molecule has 1 aromatic carbocycles. The molecule has 2 heterocycles. The lowest BCUT2D eigenvalue weighted by molar-refractivity contribution is -0.130. The molecular formula is C18H19ClN4O2. The van der Waals surface area contributed by atoms with Gasteiger partial charge in [-0.05, 0) is 24.3 Å². The Balaban J connectivity index is 1.54. The Morgan fingerprint density at radius 2 is 2.04 bits per heavy atom. The van der Waals surface area contributed by atoms with Crippen LogP contribution in [0.4, 0.5) is 0 Å². The molecule has 130 valence electrons. The molecule has 0 atom stereocenters. The smallest absolute Gasteiger partial charge is 0.223 e. The molecule has 3 rings (SSSR count). The van der Waals surface area contributed by atoms with Crippen molar-refractivity contribution in [1.29, 1.82) is 0 Å². The summed E-state index contributed by atoms with van der Waals surface area (Å²) in [4.78, 5) is 18.2. The Labute approximate surface area is 151 Å². The van der Waals surface area contributed by atoms with E-state index >= 15 is 0 Å². The third-order valence-corrected chi connectivity index (χ3v) is 4.09. The van der Waals surface area contributed by atoms with Crippen molar-refractivity contribution in [2.45, 2.75) is 19.4 Å². The highest BCUT2D eigenvalue weighted by molar-refractivity contribution is 6.30. The molecule has 0 fully saturated rings. The second-order valence-electron chi connectivity index (χ2n) is 5.90. The van der Waals surface area contributed by atoms with E-state index in [0.717, 1.165) is 11.1 Å². The summed E-state index contributed by atoms with van der Waals surface area (Å²) in [5.74, 6) is 1.26. The topological polar surface area (TPSA) is 64.2 Å². The largest absolute Gasteiger partial charge is 0.441 e. The van der Waals surface area contributed by atoms with Crippen LogP contribution in [0.1, 0.15) is 17.9 Å². The van der Waals surface area contributed by atoms with Crippen LogP contribution in [0.3, 0.4) is 0 Å². The van der Waals surface area contributed by atoms with Crippen molar-refractivity contribution in [1.82, 2.24) is 19.7 Å². The second kappa shape index (κ2) is 7.53. The normalized spacial score (nSPS) is 10.8. The highest BCUT2D eigenvalue weighted by Crippen LogP contribution is 2.22. The Hall–Kier alpha value is -2.60. The van der Waals surface area contributed by atoms with Gasteiger partial charge in [-0.3, -0.25) is 9.48 Å². The fraction of sp³-hybridized carbons (Fsp3) is 0.278. The van der Waals surface area contributed by atoms with Crippen LogP contribution in [0.5, 0.6) is 0 Å². The third kappa shape index (κ3) is 4.48. The van der Waals surface area contributed by atoms with Crippen LogP contribution in [-0.4, -0.2) is 32.6 Å². The van der Waals surface area contributed by atoms with E-state index in [1.54, 1.807) is 41.2 Å². The molecule has 1 amide bonds. The number of rotatable bonds is 6.